The third-order valence-electron chi connectivity index (χ3n) is 2.82. The minimum Gasteiger partial charge on any atom is -0.339 e. The summed E-state index contributed by atoms with van der Waals surface area (Å²) in [5.41, 5.74) is 2.16. The van der Waals surface area contributed by atoms with E-state index in [0.717, 1.165) is 17.7 Å². The molecule has 0 aliphatic heterocycles. The second kappa shape index (κ2) is 4.72. The highest BCUT2D eigenvalue weighted by atomic mass is 16.5. The molecule has 0 unspecified atom stereocenters. The molecule has 2 aromatic heterocycles. The minimum absolute atomic E-state index is 0.206. The lowest BCUT2D eigenvalue weighted by Gasteiger charge is -1.99. The Hall–Kier alpha value is -1.98. The van der Waals surface area contributed by atoms with Gasteiger partial charge in [0.05, 0.1) is 11.3 Å². The summed E-state index contributed by atoms with van der Waals surface area (Å²) in [6.07, 6.45) is 0.823. The van der Waals surface area contributed by atoms with Crippen LogP contribution in [0.25, 0.3) is 0 Å². The first-order chi connectivity index (χ1) is 8.52. The normalized spacial score (nSPS) is 11.2. The van der Waals surface area contributed by atoms with E-state index >= 15 is 0 Å². The molecule has 0 atom stereocenters. The highest BCUT2D eigenvalue weighted by Crippen LogP contribution is 2.14. The first kappa shape index (κ1) is 12.5. The van der Waals surface area contributed by atoms with Crippen molar-refractivity contribution < 1.29 is 9.32 Å². The molecule has 6 nitrogen and oxygen atoms in total. The van der Waals surface area contributed by atoms with E-state index in [-0.39, 0.29) is 5.92 Å². The SMILES string of the molecule is Cc1nn(Cc2noc(C(C)C)n2)c(C)c1C=O. The summed E-state index contributed by atoms with van der Waals surface area (Å²) in [4.78, 5) is 15.2. The Morgan fingerprint density at radius 1 is 1.39 bits per heavy atom. The Balaban J connectivity index is 2.25. The van der Waals surface area contributed by atoms with Crippen LogP contribution in [0.4, 0.5) is 0 Å². The number of aryl methyl sites for hydroxylation is 1. The fraction of sp³-hybridized carbons (Fsp3) is 0.500. The van der Waals surface area contributed by atoms with Crippen molar-refractivity contribution in [3.8, 4) is 0 Å². The van der Waals surface area contributed by atoms with Gasteiger partial charge in [-0.25, -0.2) is 0 Å². The molecule has 6 heteroatoms. The van der Waals surface area contributed by atoms with Crippen LogP contribution in [0.3, 0.4) is 0 Å². The molecule has 0 spiro atoms. The van der Waals surface area contributed by atoms with Gasteiger partial charge in [-0.15, -0.1) is 0 Å². The summed E-state index contributed by atoms with van der Waals surface area (Å²) in [5.74, 6) is 1.39. The van der Waals surface area contributed by atoms with Gasteiger partial charge in [0.25, 0.3) is 0 Å². The van der Waals surface area contributed by atoms with Crippen LogP contribution in [0.2, 0.25) is 0 Å². The monoisotopic (exact) mass is 248 g/mol. The quantitative estimate of drug-likeness (QED) is 0.772. The van der Waals surface area contributed by atoms with Crippen molar-refractivity contribution in [2.75, 3.05) is 0 Å². The van der Waals surface area contributed by atoms with Crippen LogP contribution >= 0.6 is 0 Å². The van der Waals surface area contributed by atoms with Crippen molar-refractivity contribution in [2.45, 2.75) is 40.2 Å². The maximum atomic E-state index is 10.9. The van der Waals surface area contributed by atoms with Gasteiger partial charge in [-0.2, -0.15) is 10.1 Å². The fourth-order valence-electron chi connectivity index (χ4n) is 1.74. The van der Waals surface area contributed by atoms with Gasteiger partial charge >= 0.3 is 0 Å². The molecule has 96 valence electrons. The largest absolute Gasteiger partial charge is 0.339 e. The lowest BCUT2D eigenvalue weighted by atomic mass is 10.2. The molecule has 18 heavy (non-hydrogen) atoms. The van der Waals surface area contributed by atoms with E-state index in [1.165, 1.54) is 0 Å². The Bertz CT molecular complexity index is 569. The number of nitrogens with zero attached hydrogens (tertiary/aromatic N) is 4. The molecule has 0 aliphatic carbocycles. The zero-order chi connectivity index (χ0) is 13.3. The van der Waals surface area contributed by atoms with Gasteiger partial charge in [0.2, 0.25) is 5.89 Å². The molecular formula is C12H16N4O2. The Morgan fingerprint density at radius 3 is 2.61 bits per heavy atom. The number of aldehydes is 1. The van der Waals surface area contributed by atoms with Crippen LogP contribution in [-0.4, -0.2) is 26.2 Å². The Labute approximate surface area is 105 Å². The van der Waals surface area contributed by atoms with Gasteiger partial charge in [0, 0.05) is 11.6 Å². The second-order valence-corrected chi connectivity index (χ2v) is 4.56. The molecule has 0 amide bonds. The average Bonchev–Trinajstić information content (AvgIpc) is 2.86. The third kappa shape index (κ3) is 2.18. The maximum absolute atomic E-state index is 10.9. The lowest BCUT2D eigenvalue weighted by Crippen LogP contribution is -2.06. The van der Waals surface area contributed by atoms with Crippen LogP contribution in [0, 0.1) is 13.8 Å². The van der Waals surface area contributed by atoms with E-state index in [1.54, 1.807) is 4.68 Å². The van der Waals surface area contributed by atoms with E-state index in [0.29, 0.717) is 23.8 Å². The van der Waals surface area contributed by atoms with Crippen LogP contribution in [0.1, 0.15) is 53.2 Å². The molecule has 2 aromatic rings. The molecule has 0 aromatic carbocycles. The van der Waals surface area contributed by atoms with E-state index in [4.69, 9.17) is 4.52 Å². The highest BCUT2D eigenvalue weighted by Gasteiger charge is 2.14. The zero-order valence-electron chi connectivity index (χ0n) is 11.0. The second-order valence-electron chi connectivity index (χ2n) is 4.56. The molecule has 0 aliphatic rings. The molecule has 0 saturated carbocycles. The Kier molecular flexibility index (Phi) is 3.27. The molecular weight excluding hydrogens is 232 g/mol. The third-order valence-corrected chi connectivity index (χ3v) is 2.82. The first-order valence-electron chi connectivity index (χ1n) is 5.84. The predicted octanol–water partition coefficient (Wildman–Crippen LogP) is 1.87. The van der Waals surface area contributed by atoms with Gasteiger partial charge in [-0.1, -0.05) is 19.0 Å². The number of rotatable bonds is 4. The number of hydrogen-bond donors (Lipinski definition) is 0. The van der Waals surface area contributed by atoms with Crippen LogP contribution in [-0.2, 0) is 6.54 Å². The Morgan fingerprint density at radius 2 is 2.11 bits per heavy atom. The average molecular weight is 248 g/mol. The molecule has 0 N–H and O–H groups in total. The number of hydrogen-bond acceptors (Lipinski definition) is 5. The van der Waals surface area contributed by atoms with Gasteiger partial charge < -0.3 is 4.52 Å². The molecule has 0 bridgehead atoms. The predicted molar refractivity (Wildman–Crippen MR) is 64.6 cm³/mol. The van der Waals surface area contributed by atoms with E-state index in [9.17, 15) is 4.79 Å². The van der Waals surface area contributed by atoms with Crippen LogP contribution in [0.5, 0.6) is 0 Å². The van der Waals surface area contributed by atoms with Gasteiger partial charge in [0.15, 0.2) is 12.1 Å². The van der Waals surface area contributed by atoms with Gasteiger partial charge in [-0.3, -0.25) is 9.48 Å². The number of carbonyl (C=O) groups excluding carboxylic acids is 1. The fourth-order valence-corrected chi connectivity index (χ4v) is 1.74. The molecule has 0 fully saturated rings. The van der Waals surface area contributed by atoms with Gasteiger partial charge in [-0.05, 0) is 13.8 Å². The van der Waals surface area contributed by atoms with Crippen LogP contribution < -0.4 is 0 Å². The van der Waals surface area contributed by atoms with Crippen molar-refractivity contribution in [3.05, 3.63) is 28.7 Å². The van der Waals surface area contributed by atoms with Crippen molar-refractivity contribution in [1.82, 2.24) is 19.9 Å². The smallest absolute Gasteiger partial charge is 0.229 e. The van der Waals surface area contributed by atoms with Crippen molar-refractivity contribution in [3.63, 3.8) is 0 Å². The molecule has 0 radical (unpaired) electrons. The summed E-state index contributed by atoms with van der Waals surface area (Å²) in [5, 5.41) is 8.20. The highest BCUT2D eigenvalue weighted by molar-refractivity contribution is 5.78. The maximum Gasteiger partial charge on any atom is 0.229 e. The standard InChI is InChI=1S/C12H16N4O2/c1-7(2)12-13-11(15-18-12)5-16-9(4)10(6-17)8(3)14-16/h6-7H,5H2,1-4H3. The summed E-state index contributed by atoms with van der Waals surface area (Å²) in [7, 11) is 0. The van der Waals surface area contributed by atoms with E-state index in [1.807, 2.05) is 27.7 Å². The van der Waals surface area contributed by atoms with Crippen LogP contribution in [0.15, 0.2) is 4.52 Å². The van der Waals surface area contributed by atoms with E-state index < -0.39 is 0 Å². The zero-order valence-corrected chi connectivity index (χ0v) is 11.0. The minimum atomic E-state index is 0.206. The first-order valence-corrected chi connectivity index (χ1v) is 5.84. The van der Waals surface area contributed by atoms with Crippen molar-refractivity contribution in [2.24, 2.45) is 0 Å². The summed E-state index contributed by atoms with van der Waals surface area (Å²) >= 11 is 0. The number of carbonyl (C=O) groups is 1. The van der Waals surface area contributed by atoms with E-state index in [2.05, 4.69) is 15.2 Å². The topological polar surface area (TPSA) is 73.8 Å². The summed E-state index contributed by atoms with van der Waals surface area (Å²) in [6.45, 7) is 8.06. The molecule has 2 rings (SSSR count). The lowest BCUT2D eigenvalue weighted by molar-refractivity contribution is 0.112. The summed E-state index contributed by atoms with van der Waals surface area (Å²) < 4.78 is 6.85. The van der Waals surface area contributed by atoms with Crippen molar-refractivity contribution in [1.29, 1.82) is 0 Å². The molecule has 2 heterocycles. The molecule has 0 saturated heterocycles. The number of aromatic nitrogens is 4. The van der Waals surface area contributed by atoms with Gasteiger partial charge in [0.1, 0.15) is 6.54 Å². The van der Waals surface area contributed by atoms with Crippen molar-refractivity contribution >= 4 is 6.29 Å². The summed E-state index contributed by atoms with van der Waals surface area (Å²) in [6, 6.07) is 0.